The summed E-state index contributed by atoms with van der Waals surface area (Å²) in [6.45, 7) is 11.1. The molecular weight excluding hydrogens is 955 g/mol. The molecular formula is C40H46Cl3F2N3O12S3. The predicted octanol–water partition coefficient (Wildman–Crippen LogP) is 8.47. The van der Waals surface area contributed by atoms with E-state index in [4.69, 9.17) is 63.6 Å². The third-order valence-electron chi connectivity index (χ3n) is 10.3. The van der Waals surface area contributed by atoms with E-state index in [9.17, 15) is 39.1 Å². The van der Waals surface area contributed by atoms with Crippen molar-refractivity contribution in [3.63, 3.8) is 0 Å². The summed E-state index contributed by atoms with van der Waals surface area (Å²) >= 11 is 18.0. The van der Waals surface area contributed by atoms with E-state index >= 15 is 0 Å². The smallest absolute Gasteiger partial charge is 0.240 e. The van der Waals surface area contributed by atoms with Gasteiger partial charge in [-0.3, -0.25) is 0 Å². The number of ether oxygens (including phenoxy) is 3. The van der Waals surface area contributed by atoms with E-state index in [2.05, 4.69) is 9.97 Å². The number of halogens is 5. The van der Waals surface area contributed by atoms with Crippen molar-refractivity contribution in [2.45, 2.75) is 102 Å². The first-order valence-corrected chi connectivity index (χ1v) is 25.0. The van der Waals surface area contributed by atoms with Gasteiger partial charge in [0.2, 0.25) is 41.5 Å². The second-order valence-corrected chi connectivity index (χ2v) is 24.9. The number of benzene rings is 3. The van der Waals surface area contributed by atoms with Gasteiger partial charge < -0.3 is 33.9 Å². The average Bonchev–Trinajstić information content (AvgIpc) is 4.03. The molecule has 3 N–H and O–H groups in total. The van der Waals surface area contributed by atoms with Crippen LogP contribution in [0, 0.1) is 0 Å². The molecule has 0 radical (unpaired) electrons. The van der Waals surface area contributed by atoms with Gasteiger partial charge in [-0.25, -0.2) is 44.0 Å². The Morgan fingerprint density at radius 3 is 1.52 bits per heavy atom. The Kier molecular flexibility index (Phi) is 13.6. The van der Waals surface area contributed by atoms with Crippen molar-refractivity contribution in [3.8, 4) is 5.75 Å². The van der Waals surface area contributed by atoms with Crippen molar-refractivity contribution >= 4 is 92.2 Å². The zero-order valence-corrected chi connectivity index (χ0v) is 39.6. The minimum absolute atomic E-state index is 0.00354. The molecule has 3 unspecified atom stereocenters. The van der Waals surface area contributed by atoms with E-state index in [1.165, 1.54) is 18.2 Å². The van der Waals surface area contributed by atoms with Crippen LogP contribution in [0.4, 0.5) is 14.5 Å². The maximum Gasteiger partial charge on any atom is 0.240 e. The van der Waals surface area contributed by atoms with Gasteiger partial charge in [0.1, 0.15) is 25.7 Å². The highest BCUT2D eigenvalue weighted by Crippen LogP contribution is 2.45. The molecule has 0 amide bonds. The molecule has 23 heteroatoms. The molecule has 3 aliphatic heterocycles. The summed E-state index contributed by atoms with van der Waals surface area (Å²) in [5, 5.41) is 3.83. The van der Waals surface area contributed by atoms with Crippen LogP contribution in [-0.4, -0.2) is 95.2 Å². The number of fused-ring (bicyclic) bond motifs is 2. The topological polar surface area (TPSA) is 228 Å². The Hall–Kier alpha value is -3.34. The summed E-state index contributed by atoms with van der Waals surface area (Å²) in [6, 6.07) is 8.63. The summed E-state index contributed by atoms with van der Waals surface area (Å²) in [5.41, 5.74) is 5.56. The van der Waals surface area contributed by atoms with Gasteiger partial charge in [0.15, 0.2) is 26.8 Å². The second kappa shape index (κ2) is 17.5. The number of alkyl halides is 2. The van der Waals surface area contributed by atoms with Crippen LogP contribution in [0.15, 0.2) is 59.9 Å². The number of aromatic hydroxyl groups is 1. The van der Waals surface area contributed by atoms with Crippen LogP contribution in [0.1, 0.15) is 72.6 Å². The molecule has 5 heterocycles. The molecule has 2 aromatic heterocycles. The first-order valence-electron chi connectivity index (χ1n) is 19.4. The fourth-order valence-corrected chi connectivity index (χ4v) is 13.1. The van der Waals surface area contributed by atoms with E-state index in [0.29, 0.717) is 35.8 Å². The average molecular weight is 1000 g/mol. The molecule has 346 valence electrons. The van der Waals surface area contributed by atoms with Gasteiger partial charge in [-0.15, -0.1) is 0 Å². The highest BCUT2D eigenvalue weighted by molar-refractivity contribution is 7.93. The number of phenols is 1. The maximum absolute atomic E-state index is 14.9. The van der Waals surface area contributed by atoms with Gasteiger partial charge in [-0.2, -0.15) is 0 Å². The third-order valence-corrected chi connectivity index (χ3v) is 18.3. The Bertz CT molecular complexity index is 2880. The summed E-state index contributed by atoms with van der Waals surface area (Å²) in [4.78, 5) is 7.71. The van der Waals surface area contributed by atoms with Crippen LogP contribution in [0.3, 0.4) is 0 Å². The summed E-state index contributed by atoms with van der Waals surface area (Å²) in [5.74, 6) is 0.122. The lowest BCUT2D eigenvalue weighted by atomic mass is 9.97. The highest BCUT2D eigenvalue weighted by atomic mass is 35.5. The summed E-state index contributed by atoms with van der Waals surface area (Å²) in [6.07, 6.45) is -0.0719. The number of anilines is 1. The monoisotopic (exact) mass is 999 g/mol. The Morgan fingerprint density at radius 1 is 0.667 bits per heavy atom. The number of nitrogens with two attached hydrogens (primary N) is 1. The molecule has 0 spiro atoms. The molecule has 0 saturated carbocycles. The van der Waals surface area contributed by atoms with Gasteiger partial charge in [0.05, 0.1) is 59.0 Å². The van der Waals surface area contributed by atoms with Crippen LogP contribution in [0.5, 0.6) is 5.75 Å². The van der Waals surface area contributed by atoms with E-state index < -0.39 is 74.0 Å². The zero-order valence-electron chi connectivity index (χ0n) is 34.9. The van der Waals surface area contributed by atoms with Gasteiger partial charge >= 0.3 is 0 Å². The fourth-order valence-electron chi connectivity index (χ4n) is 6.62. The third kappa shape index (κ3) is 9.25. The van der Waals surface area contributed by atoms with Crippen molar-refractivity contribution < 1.29 is 62.2 Å². The zero-order chi connectivity index (χ0) is 46.7. The number of sulfone groups is 3. The first kappa shape index (κ1) is 49.1. The molecule has 3 saturated heterocycles. The van der Waals surface area contributed by atoms with Crippen molar-refractivity contribution in [3.05, 3.63) is 63.2 Å². The lowest BCUT2D eigenvalue weighted by Crippen LogP contribution is -2.34. The Morgan fingerprint density at radius 2 is 1.10 bits per heavy atom. The number of oxazole rings is 2. The lowest BCUT2D eigenvalue weighted by Gasteiger charge is -2.20. The van der Waals surface area contributed by atoms with E-state index in [-0.39, 0.29) is 79.8 Å². The Labute approximate surface area is 378 Å². The minimum atomic E-state index is -4.48. The number of hydrogen-bond donors (Lipinski definition) is 2. The lowest BCUT2D eigenvalue weighted by molar-refractivity contribution is 0.157. The molecule has 15 nitrogen and oxygen atoms in total. The van der Waals surface area contributed by atoms with E-state index in [1.54, 1.807) is 18.2 Å². The van der Waals surface area contributed by atoms with Crippen molar-refractivity contribution in [1.29, 1.82) is 0 Å². The van der Waals surface area contributed by atoms with E-state index in [0.717, 1.165) is 0 Å². The minimum Gasteiger partial charge on any atom is -0.504 e. The molecule has 63 heavy (non-hydrogen) atoms. The number of phenolic OH excluding ortho intramolecular Hbond substituents is 1. The number of hydrogen-bond acceptors (Lipinski definition) is 15. The SMILES string of the molecule is CC(C)(C)c1nc2ccc(Cl)c(S(=O)(=O)C3(F)CCOC3)c2o1.CC(C)(C)c1nc2ccc(Cl)c(S(=O)(=O)C3CCOC3)c2o1.Nc1ccc(Cl)c(S(=O)(=O)C2(F)CCOC2)c1O. The van der Waals surface area contributed by atoms with Crippen LogP contribution in [0.2, 0.25) is 15.1 Å². The van der Waals surface area contributed by atoms with E-state index in [1.807, 2.05) is 41.5 Å². The summed E-state index contributed by atoms with van der Waals surface area (Å²) in [7, 11) is -12.5. The predicted molar refractivity (Wildman–Crippen MR) is 232 cm³/mol. The van der Waals surface area contributed by atoms with Crippen LogP contribution < -0.4 is 5.73 Å². The number of nitrogens with zero attached hydrogens (tertiary/aromatic N) is 2. The maximum atomic E-state index is 14.9. The van der Waals surface area contributed by atoms with Gasteiger partial charge in [0.25, 0.3) is 0 Å². The molecule has 3 aliphatic rings. The fraction of sp³-hybridized carbons (Fsp3) is 0.500. The molecule has 0 bridgehead atoms. The van der Waals surface area contributed by atoms with Crippen molar-refractivity contribution in [2.24, 2.45) is 0 Å². The Balaban J connectivity index is 0.000000159. The van der Waals surface area contributed by atoms with Crippen molar-refractivity contribution in [1.82, 2.24) is 9.97 Å². The van der Waals surface area contributed by atoms with Crippen LogP contribution in [-0.2, 0) is 54.6 Å². The first-order chi connectivity index (χ1) is 29.1. The molecule has 3 aromatic carbocycles. The quantitative estimate of drug-likeness (QED) is 0.120. The van der Waals surface area contributed by atoms with Gasteiger partial charge in [-0.05, 0) is 42.8 Å². The molecule has 8 rings (SSSR count). The standard InChI is InChI=1S/C15H17ClFNO4S.C15H18ClNO4S.C10H11ClFNO4S/c1-14(2,3)13-18-10-5-4-9(16)12(11(10)22-13)23(19,20)15(17)6-7-21-8-15;1-15(2,3)14-17-11-5-4-10(16)13(12(11)21-14)22(18,19)9-6-7-20-8-9;11-6-1-2-7(13)8(14)9(6)18(15,16)10(12)3-4-17-5-10/h4-5H,6-8H2,1-3H3;4-5,9H,6-8H2,1-3H3;1-2,14H,3-5,13H2. The second-order valence-electron chi connectivity index (χ2n) is 17.2. The molecule has 5 aromatic rings. The highest BCUT2D eigenvalue weighted by Gasteiger charge is 2.52. The van der Waals surface area contributed by atoms with Gasteiger partial charge in [-0.1, -0.05) is 76.3 Å². The largest absolute Gasteiger partial charge is 0.504 e. The van der Waals surface area contributed by atoms with Crippen LogP contribution in [0.25, 0.3) is 22.2 Å². The molecule has 0 aliphatic carbocycles. The number of nitrogen functional groups attached to an aromatic ring is 1. The summed E-state index contributed by atoms with van der Waals surface area (Å²) < 4.78 is 131. The number of aromatic nitrogens is 2. The molecule has 3 atom stereocenters. The van der Waals surface area contributed by atoms with Crippen molar-refractivity contribution in [2.75, 3.05) is 45.4 Å². The molecule has 3 fully saturated rings. The van der Waals surface area contributed by atoms with Crippen LogP contribution >= 0.6 is 34.8 Å². The number of rotatable bonds is 6. The van der Waals surface area contributed by atoms with Gasteiger partial charge in [0, 0.05) is 30.3 Å². The normalized spacial score (nSPS) is 22.2.